The molecule has 0 fully saturated rings. The number of carbonyl (C=O) groups is 1. The van der Waals surface area contributed by atoms with E-state index < -0.39 is 0 Å². The van der Waals surface area contributed by atoms with Crippen LogP contribution in [0.25, 0.3) is 0 Å². The number of aryl methyl sites for hydroxylation is 1. The van der Waals surface area contributed by atoms with Gasteiger partial charge in [0.1, 0.15) is 6.61 Å². The lowest BCUT2D eigenvalue weighted by atomic mass is 10.1. The highest BCUT2D eigenvalue weighted by molar-refractivity contribution is 9.09. The van der Waals surface area contributed by atoms with Gasteiger partial charge in [0.25, 0.3) is 0 Å². The number of Topliss-reactive ketones (excluding diaryl/α,β-unsaturated/α-hetero) is 1. The van der Waals surface area contributed by atoms with E-state index in [0.717, 1.165) is 5.56 Å². The minimum atomic E-state index is 0.0681. The number of benzene rings is 1. The summed E-state index contributed by atoms with van der Waals surface area (Å²) in [6, 6.07) is 8.00. The number of halogens is 1. The number of ketones is 1. The van der Waals surface area contributed by atoms with Crippen LogP contribution in [0.15, 0.2) is 24.3 Å². The second kappa shape index (κ2) is 5.94. The van der Waals surface area contributed by atoms with Gasteiger partial charge >= 0.3 is 0 Å². The monoisotopic (exact) mass is 256 g/mol. The Balaban J connectivity index is 2.39. The van der Waals surface area contributed by atoms with Gasteiger partial charge in [-0.1, -0.05) is 40.2 Å². The Hall–Kier alpha value is -0.670. The van der Waals surface area contributed by atoms with Gasteiger partial charge in [-0.05, 0) is 18.1 Å². The number of alkyl halides is 1. The zero-order valence-corrected chi connectivity index (χ0v) is 9.71. The number of hydrogen-bond acceptors (Lipinski definition) is 2. The summed E-state index contributed by atoms with van der Waals surface area (Å²) in [4.78, 5) is 10.9. The summed E-state index contributed by atoms with van der Waals surface area (Å²) in [5.41, 5.74) is 2.33. The first-order valence-corrected chi connectivity index (χ1v) is 5.56. The summed E-state index contributed by atoms with van der Waals surface area (Å²) < 4.78 is 5.27. The van der Waals surface area contributed by atoms with E-state index in [1.807, 2.05) is 31.2 Å². The van der Waals surface area contributed by atoms with Gasteiger partial charge in [0.2, 0.25) is 0 Å². The van der Waals surface area contributed by atoms with Gasteiger partial charge in [0, 0.05) is 0 Å². The zero-order chi connectivity index (χ0) is 10.4. The quantitative estimate of drug-likeness (QED) is 0.757. The van der Waals surface area contributed by atoms with Crippen molar-refractivity contribution in [2.24, 2.45) is 0 Å². The van der Waals surface area contributed by atoms with Crippen molar-refractivity contribution >= 4 is 21.7 Å². The Bertz CT molecular complexity index is 310. The molecule has 3 heteroatoms. The Morgan fingerprint density at radius 1 is 1.43 bits per heavy atom. The van der Waals surface area contributed by atoms with Crippen LogP contribution in [0.5, 0.6) is 0 Å². The average Bonchev–Trinajstić information content (AvgIpc) is 2.20. The van der Waals surface area contributed by atoms with Gasteiger partial charge < -0.3 is 4.74 Å². The largest absolute Gasteiger partial charge is 0.369 e. The van der Waals surface area contributed by atoms with Gasteiger partial charge in [-0.15, -0.1) is 0 Å². The minimum absolute atomic E-state index is 0.0681. The molecule has 0 radical (unpaired) electrons. The molecule has 0 aromatic heterocycles. The summed E-state index contributed by atoms with van der Waals surface area (Å²) in [7, 11) is 0. The van der Waals surface area contributed by atoms with Crippen LogP contribution in [0.3, 0.4) is 0 Å². The Morgan fingerprint density at radius 2 is 2.14 bits per heavy atom. The number of hydrogen-bond donors (Lipinski definition) is 0. The molecule has 14 heavy (non-hydrogen) atoms. The normalized spacial score (nSPS) is 10.1. The zero-order valence-electron chi connectivity index (χ0n) is 8.13. The van der Waals surface area contributed by atoms with Crippen LogP contribution in [0.2, 0.25) is 0 Å². The number of rotatable bonds is 5. The third-order valence-corrected chi connectivity index (χ3v) is 2.56. The summed E-state index contributed by atoms with van der Waals surface area (Å²) in [6.45, 7) is 2.72. The molecule has 1 aromatic rings. The van der Waals surface area contributed by atoms with Gasteiger partial charge in [0.05, 0.1) is 11.9 Å². The van der Waals surface area contributed by atoms with Crippen molar-refractivity contribution in [3.8, 4) is 0 Å². The van der Waals surface area contributed by atoms with Gasteiger partial charge in [-0.3, -0.25) is 4.79 Å². The molecule has 0 unspecified atom stereocenters. The van der Waals surface area contributed by atoms with Gasteiger partial charge in [0.15, 0.2) is 5.78 Å². The van der Waals surface area contributed by atoms with E-state index in [-0.39, 0.29) is 12.4 Å². The molecule has 76 valence electrons. The SMILES string of the molecule is Cc1ccccc1COCC(=O)CBr. The van der Waals surface area contributed by atoms with Gasteiger partial charge in [-0.2, -0.15) is 0 Å². The fourth-order valence-corrected chi connectivity index (χ4v) is 1.25. The highest BCUT2D eigenvalue weighted by Crippen LogP contribution is 2.07. The van der Waals surface area contributed by atoms with Crippen LogP contribution in [0.4, 0.5) is 0 Å². The average molecular weight is 257 g/mol. The maximum absolute atomic E-state index is 10.9. The summed E-state index contributed by atoms with van der Waals surface area (Å²) >= 11 is 3.09. The standard InChI is InChI=1S/C11H13BrO2/c1-9-4-2-3-5-10(9)7-14-8-11(13)6-12/h2-5H,6-8H2,1H3. The second-order valence-corrected chi connectivity index (χ2v) is 3.65. The maximum Gasteiger partial charge on any atom is 0.168 e. The highest BCUT2D eigenvalue weighted by Gasteiger charge is 2.00. The predicted octanol–water partition coefficient (Wildman–Crippen LogP) is 2.48. The maximum atomic E-state index is 10.9. The molecule has 0 amide bonds. The van der Waals surface area contributed by atoms with E-state index in [4.69, 9.17) is 4.74 Å². The molecule has 0 N–H and O–H groups in total. The molecule has 0 atom stereocenters. The molecule has 0 saturated heterocycles. The summed E-state index contributed by atoms with van der Waals surface area (Å²) in [5.74, 6) is 0.0681. The first-order chi connectivity index (χ1) is 6.74. The van der Waals surface area contributed by atoms with E-state index in [1.165, 1.54) is 5.56 Å². The van der Waals surface area contributed by atoms with Crippen LogP contribution in [-0.4, -0.2) is 17.7 Å². The van der Waals surface area contributed by atoms with Crippen LogP contribution in [0, 0.1) is 6.92 Å². The Labute approximate surface area is 92.4 Å². The number of carbonyl (C=O) groups excluding carboxylic acids is 1. The lowest BCUT2D eigenvalue weighted by Gasteiger charge is -2.05. The predicted molar refractivity (Wildman–Crippen MR) is 59.6 cm³/mol. The molecule has 0 aliphatic rings. The third-order valence-electron chi connectivity index (χ3n) is 1.93. The van der Waals surface area contributed by atoms with Crippen LogP contribution < -0.4 is 0 Å². The van der Waals surface area contributed by atoms with E-state index in [1.54, 1.807) is 0 Å². The second-order valence-electron chi connectivity index (χ2n) is 3.09. The van der Waals surface area contributed by atoms with Crippen molar-refractivity contribution in [2.75, 3.05) is 11.9 Å². The fraction of sp³-hybridized carbons (Fsp3) is 0.364. The fourth-order valence-electron chi connectivity index (χ4n) is 1.09. The smallest absolute Gasteiger partial charge is 0.168 e. The van der Waals surface area contributed by atoms with E-state index in [2.05, 4.69) is 15.9 Å². The van der Waals surface area contributed by atoms with E-state index in [0.29, 0.717) is 11.9 Å². The lowest BCUT2D eigenvalue weighted by Crippen LogP contribution is -2.09. The first-order valence-electron chi connectivity index (χ1n) is 4.44. The van der Waals surface area contributed by atoms with Crippen LogP contribution in [0.1, 0.15) is 11.1 Å². The van der Waals surface area contributed by atoms with Crippen molar-refractivity contribution in [1.82, 2.24) is 0 Å². The van der Waals surface area contributed by atoms with Crippen molar-refractivity contribution in [3.63, 3.8) is 0 Å². The molecule has 0 aliphatic carbocycles. The number of ether oxygens (including phenoxy) is 1. The topological polar surface area (TPSA) is 26.3 Å². The lowest BCUT2D eigenvalue weighted by molar-refractivity contribution is -0.121. The first kappa shape index (κ1) is 11.4. The van der Waals surface area contributed by atoms with Crippen molar-refractivity contribution in [2.45, 2.75) is 13.5 Å². The summed E-state index contributed by atoms with van der Waals surface area (Å²) in [6.07, 6.45) is 0. The third kappa shape index (κ3) is 3.60. The molecular formula is C11H13BrO2. The molecule has 0 heterocycles. The van der Waals surface area contributed by atoms with Crippen molar-refractivity contribution in [3.05, 3.63) is 35.4 Å². The van der Waals surface area contributed by atoms with Crippen molar-refractivity contribution < 1.29 is 9.53 Å². The molecular weight excluding hydrogens is 244 g/mol. The Kier molecular flexibility index (Phi) is 4.84. The highest BCUT2D eigenvalue weighted by atomic mass is 79.9. The van der Waals surface area contributed by atoms with Crippen LogP contribution in [-0.2, 0) is 16.1 Å². The molecule has 0 aliphatic heterocycles. The van der Waals surface area contributed by atoms with E-state index >= 15 is 0 Å². The molecule has 1 rings (SSSR count). The Morgan fingerprint density at radius 3 is 2.79 bits per heavy atom. The van der Waals surface area contributed by atoms with Crippen molar-refractivity contribution in [1.29, 1.82) is 0 Å². The van der Waals surface area contributed by atoms with Crippen LogP contribution >= 0.6 is 15.9 Å². The van der Waals surface area contributed by atoms with Gasteiger partial charge in [-0.25, -0.2) is 0 Å². The minimum Gasteiger partial charge on any atom is -0.369 e. The summed E-state index contributed by atoms with van der Waals surface area (Å²) in [5, 5.41) is 0.362. The molecule has 2 nitrogen and oxygen atoms in total. The van der Waals surface area contributed by atoms with E-state index in [9.17, 15) is 4.79 Å². The molecule has 1 aromatic carbocycles. The molecule has 0 spiro atoms. The molecule has 0 saturated carbocycles. The molecule has 0 bridgehead atoms.